The number of nitrogens with zero attached hydrogens (tertiary/aromatic N) is 1. The van der Waals surface area contributed by atoms with Crippen LogP contribution >= 0.6 is 12.4 Å². The second-order valence-corrected chi connectivity index (χ2v) is 8.98. The van der Waals surface area contributed by atoms with Gasteiger partial charge in [0.25, 0.3) is 0 Å². The van der Waals surface area contributed by atoms with E-state index in [9.17, 15) is 13.2 Å². The van der Waals surface area contributed by atoms with E-state index in [4.69, 9.17) is 5.73 Å². The zero-order valence-corrected chi connectivity index (χ0v) is 17.0. The Kier molecular flexibility index (Phi) is 6.81. The average Bonchev–Trinajstić information content (AvgIpc) is 3.04. The minimum atomic E-state index is -3.63. The first kappa shape index (κ1) is 21.6. The van der Waals surface area contributed by atoms with Crippen LogP contribution in [0.1, 0.15) is 35.7 Å². The number of carbonyl (C=O) groups excluding carboxylic acids is 1. The SMILES string of the molecule is CC(C)C(=O)c1ccc(S(=O)(=O)N2C[C@@H](N)[C@H](c3ccccc3)C2)cc1.Cl. The third-order valence-corrected chi connectivity index (χ3v) is 6.71. The molecule has 146 valence electrons. The van der Waals surface area contributed by atoms with Crippen molar-refractivity contribution in [3.63, 3.8) is 0 Å². The van der Waals surface area contributed by atoms with Crippen molar-refractivity contribution < 1.29 is 13.2 Å². The molecule has 7 heteroatoms. The van der Waals surface area contributed by atoms with Gasteiger partial charge in [0.05, 0.1) is 4.90 Å². The van der Waals surface area contributed by atoms with E-state index in [1.807, 2.05) is 44.2 Å². The molecule has 3 rings (SSSR count). The van der Waals surface area contributed by atoms with E-state index in [0.717, 1.165) is 5.56 Å². The van der Waals surface area contributed by atoms with E-state index < -0.39 is 10.0 Å². The fourth-order valence-electron chi connectivity index (χ4n) is 3.31. The van der Waals surface area contributed by atoms with Crippen molar-refractivity contribution in [2.75, 3.05) is 13.1 Å². The number of carbonyl (C=O) groups is 1. The lowest BCUT2D eigenvalue weighted by Crippen LogP contribution is -2.32. The molecule has 27 heavy (non-hydrogen) atoms. The number of nitrogens with two attached hydrogens (primary N) is 1. The average molecular weight is 409 g/mol. The van der Waals surface area contributed by atoms with Crippen molar-refractivity contribution in [3.05, 3.63) is 65.7 Å². The highest BCUT2D eigenvalue weighted by molar-refractivity contribution is 7.89. The first-order valence-electron chi connectivity index (χ1n) is 8.75. The summed E-state index contributed by atoms with van der Waals surface area (Å²) >= 11 is 0. The highest BCUT2D eigenvalue weighted by Gasteiger charge is 2.38. The molecule has 0 aromatic heterocycles. The number of sulfonamides is 1. The molecular weight excluding hydrogens is 384 g/mol. The molecule has 1 heterocycles. The van der Waals surface area contributed by atoms with Crippen LogP contribution in [0.5, 0.6) is 0 Å². The van der Waals surface area contributed by atoms with E-state index in [1.54, 1.807) is 12.1 Å². The van der Waals surface area contributed by atoms with Crippen LogP contribution in [-0.4, -0.2) is 37.6 Å². The summed E-state index contributed by atoms with van der Waals surface area (Å²) < 4.78 is 27.4. The van der Waals surface area contributed by atoms with Gasteiger partial charge in [0, 0.05) is 36.5 Å². The molecule has 0 radical (unpaired) electrons. The second-order valence-electron chi connectivity index (χ2n) is 7.05. The van der Waals surface area contributed by atoms with Gasteiger partial charge in [0.1, 0.15) is 0 Å². The Morgan fingerprint density at radius 3 is 2.19 bits per heavy atom. The summed E-state index contributed by atoms with van der Waals surface area (Å²) in [6.45, 7) is 4.29. The van der Waals surface area contributed by atoms with Gasteiger partial charge < -0.3 is 5.73 Å². The Morgan fingerprint density at radius 2 is 1.63 bits per heavy atom. The monoisotopic (exact) mass is 408 g/mol. The number of hydrogen-bond donors (Lipinski definition) is 1. The Balaban J connectivity index is 0.00000261. The summed E-state index contributed by atoms with van der Waals surface area (Å²) in [6.07, 6.45) is 0. The van der Waals surface area contributed by atoms with Gasteiger partial charge in [-0.05, 0) is 17.7 Å². The van der Waals surface area contributed by atoms with Crippen molar-refractivity contribution in [1.82, 2.24) is 4.31 Å². The fraction of sp³-hybridized carbons (Fsp3) is 0.350. The zero-order valence-electron chi connectivity index (χ0n) is 15.4. The molecule has 5 nitrogen and oxygen atoms in total. The Bertz CT molecular complexity index is 883. The molecule has 0 saturated carbocycles. The summed E-state index contributed by atoms with van der Waals surface area (Å²) in [5.41, 5.74) is 7.80. The lowest BCUT2D eigenvalue weighted by Gasteiger charge is -2.17. The number of hydrogen-bond acceptors (Lipinski definition) is 4. The lowest BCUT2D eigenvalue weighted by molar-refractivity contribution is 0.0939. The van der Waals surface area contributed by atoms with Gasteiger partial charge in [-0.1, -0.05) is 56.3 Å². The summed E-state index contributed by atoms with van der Waals surface area (Å²) in [7, 11) is -3.63. The third-order valence-electron chi connectivity index (χ3n) is 4.86. The number of rotatable bonds is 5. The Hall–Kier alpha value is -1.73. The van der Waals surface area contributed by atoms with Crippen LogP contribution in [0.25, 0.3) is 0 Å². The maximum atomic E-state index is 13.0. The van der Waals surface area contributed by atoms with E-state index in [0.29, 0.717) is 12.1 Å². The highest BCUT2D eigenvalue weighted by Crippen LogP contribution is 2.30. The van der Waals surface area contributed by atoms with Crippen molar-refractivity contribution >= 4 is 28.2 Å². The second kappa shape index (κ2) is 8.52. The van der Waals surface area contributed by atoms with Crippen molar-refractivity contribution in [1.29, 1.82) is 0 Å². The molecule has 1 saturated heterocycles. The first-order valence-corrected chi connectivity index (χ1v) is 10.2. The van der Waals surface area contributed by atoms with Crippen LogP contribution in [0.4, 0.5) is 0 Å². The summed E-state index contributed by atoms with van der Waals surface area (Å²) in [4.78, 5) is 12.2. The predicted molar refractivity (Wildman–Crippen MR) is 109 cm³/mol. The quantitative estimate of drug-likeness (QED) is 0.771. The van der Waals surface area contributed by atoms with Crippen molar-refractivity contribution in [2.24, 2.45) is 11.7 Å². The van der Waals surface area contributed by atoms with Gasteiger partial charge in [-0.25, -0.2) is 8.42 Å². The highest BCUT2D eigenvalue weighted by atomic mass is 35.5. The van der Waals surface area contributed by atoms with Gasteiger partial charge in [0.2, 0.25) is 10.0 Å². The van der Waals surface area contributed by atoms with Gasteiger partial charge in [0.15, 0.2) is 5.78 Å². The van der Waals surface area contributed by atoms with E-state index in [2.05, 4.69) is 0 Å². The van der Waals surface area contributed by atoms with Crippen LogP contribution in [0.3, 0.4) is 0 Å². The Morgan fingerprint density at radius 1 is 1.04 bits per heavy atom. The molecule has 0 aliphatic carbocycles. The van der Waals surface area contributed by atoms with Gasteiger partial charge in [-0.2, -0.15) is 4.31 Å². The normalized spacial score (nSPS) is 20.4. The van der Waals surface area contributed by atoms with Gasteiger partial charge in [-0.15, -0.1) is 12.4 Å². The molecule has 0 unspecified atom stereocenters. The van der Waals surface area contributed by atoms with Gasteiger partial charge >= 0.3 is 0 Å². The van der Waals surface area contributed by atoms with E-state index in [-0.39, 0.29) is 47.5 Å². The fourth-order valence-corrected chi connectivity index (χ4v) is 4.82. The molecule has 0 bridgehead atoms. The number of benzene rings is 2. The minimum absolute atomic E-state index is 0. The largest absolute Gasteiger partial charge is 0.326 e. The molecule has 2 atom stereocenters. The van der Waals surface area contributed by atoms with E-state index >= 15 is 0 Å². The van der Waals surface area contributed by atoms with E-state index in [1.165, 1.54) is 16.4 Å². The number of ketones is 1. The molecule has 1 fully saturated rings. The molecule has 0 spiro atoms. The molecule has 2 aromatic carbocycles. The molecule has 1 aliphatic rings. The molecule has 2 aromatic rings. The molecule has 0 amide bonds. The van der Waals surface area contributed by atoms with Crippen LogP contribution in [0.2, 0.25) is 0 Å². The van der Waals surface area contributed by atoms with Crippen LogP contribution in [-0.2, 0) is 10.0 Å². The number of Topliss-reactive ketones (excluding diaryl/α,β-unsaturated/α-hetero) is 1. The van der Waals surface area contributed by atoms with Crippen molar-refractivity contribution in [2.45, 2.75) is 30.7 Å². The third kappa shape index (κ3) is 4.41. The Labute approximate surface area is 167 Å². The zero-order chi connectivity index (χ0) is 18.9. The van der Waals surface area contributed by atoms with Crippen LogP contribution < -0.4 is 5.73 Å². The lowest BCUT2D eigenvalue weighted by atomic mass is 9.95. The summed E-state index contributed by atoms with van der Waals surface area (Å²) in [6, 6.07) is 15.7. The topological polar surface area (TPSA) is 80.5 Å². The molecule has 2 N–H and O–H groups in total. The smallest absolute Gasteiger partial charge is 0.243 e. The summed E-state index contributed by atoms with van der Waals surface area (Å²) in [5, 5.41) is 0. The predicted octanol–water partition coefficient (Wildman–Crippen LogP) is 3.06. The maximum Gasteiger partial charge on any atom is 0.243 e. The molecular formula is C20H25ClN2O3S. The first-order chi connectivity index (χ1) is 12.3. The van der Waals surface area contributed by atoms with Crippen molar-refractivity contribution in [3.8, 4) is 0 Å². The number of halogens is 1. The van der Waals surface area contributed by atoms with Gasteiger partial charge in [-0.3, -0.25) is 4.79 Å². The summed E-state index contributed by atoms with van der Waals surface area (Å²) in [5.74, 6) is -0.144. The van der Waals surface area contributed by atoms with Crippen LogP contribution in [0, 0.1) is 5.92 Å². The standard InChI is InChI=1S/C20H24N2O3S.ClH/c1-14(2)20(23)16-8-10-17(11-9-16)26(24,25)22-12-18(19(21)13-22)15-6-4-3-5-7-15;/h3-11,14,18-19H,12-13,21H2,1-2H3;1H/t18-,19+;/m0./s1. The maximum absolute atomic E-state index is 13.0. The molecule has 1 aliphatic heterocycles. The minimum Gasteiger partial charge on any atom is -0.326 e. The van der Waals surface area contributed by atoms with Crippen LogP contribution in [0.15, 0.2) is 59.5 Å².